The number of amides is 1. The summed E-state index contributed by atoms with van der Waals surface area (Å²) in [5.41, 5.74) is -0.542. The second-order valence-corrected chi connectivity index (χ2v) is 5.29. The Bertz CT molecular complexity index is 307. The highest BCUT2D eigenvalue weighted by Gasteiger charge is 2.38. The van der Waals surface area contributed by atoms with E-state index in [1.54, 1.807) is 0 Å². The lowest BCUT2D eigenvalue weighted by molar-refractivity contribution is -0.122. The standard InChI is InChI=1S/C12H20N2O/c1-4-8-5-6-9(7-8)10-13-11(15)12(2,3)14-10/h8-9H,4-7H2,1-3H3,(H,13,14,15). The predicted molar refractivity (Wildman–Crippen MR) is 60.8 cm³/mol. The Hall–Kier alpha value is -0.860. The van der Waals surface area contributed by atoms with Gasteiger partial charge >= 0.3 is 0 Å². The highest BCUT2D eigenvalue weighted by molar-refractivity contribution is 6.08. The summed E-state index contributed by atoms with van der Waals surface area (Å²) in [5, 5.41) is 2.94. The molecule has 1 fully saturated rings. The van der Waals surface area contributed by atoms with Crippen molar-refractivity contribution in [3.05, 3.63) is 0 Å². The van der Waals surface area contributed by atoms with Crippen LogP contribution in [-0.2, 0) is 4.79 Å². The van der Waals surface area contributed by atoms with Gasteiger partial charge in [0.25, 0.3) is 5.91 Å². The van der Waals surface area contributed by atoms with E-state index in [4.69, 9.17) is 0 Å². The van der Waals surface area contributed by atoms with E-state index in [1.165, 1.54) is 25.7 Å². The summed E-state index contributed by atoms with van der Waals surface area (Å²) in [6.07, 6.45) is 4.93. The van der Waals surface area contributed by atoms with Crippen LogP contribution in [-0.4, -0.2) is 17.3 Å². The molecule has 84 valence electrons. The van der Waals surface area contributed by atoms with Gasteiger partial charge in [0.15, 0.2) is 0 Å². The van der Waals surface area contributed by atoms with Gasteiger partial charge in [0.1, 0.15) is 11.4 Å². The molecule has 1 saturated carbocycles. The molecule has 2 unspecified atom stereocenters. The van der Waals surface area contributed by atoms with Crippen LogP contribution < -0.4 is 5.32 Å². The van der Waals surface area contributed by atoms with E-state index in [0.717, 1.165) is 11.8 Å². The number of amidine groups is 1. The maximum atomic E-state index is 11.6. The van der Waals surface area contributed by atoms with Crippen LogP contribution in [0.25, 0.3) is 0 Å². The summed E-state index contributed by atoms with van der Waals surface area (Å²) in [6, 6.07) is 0. The summed E-state index contributed by atoms with van der Waals surface area (Å²) in [7, 11) is 0. The molecule has 0 radical (unpaired) electrons. The average Bonchev–Trinajstić information content (AvgIpc) is 2.72. The average molecular weight is 208 g/mol. The van der Waals surface area contributed by atoms with Crippen LogP contribution >= 0.6 is 0 Å². The number of aliphatic imine (C=N–C) groups is 1. The fraction of sp³-hybridized carbons (Fsp3) is 0.833. The SMILES string of the molecule is CCC1CCC(C2=NC(C)(C)C(=O)N2)C1. The minimum Gasteiger partial charge on any atom is -0.312 e. The van der Waals surface area contributed by atoms with Gasteiger partial charge in [-0.25, -0.2) is 0 Å². The van der Waals surface area contributed by atoms with Gasteiger partial charge in [0.2, 0.25) is 0 Å². The first-order valence-corrected chi connectivity index (χ1v) is 5.94. The molecule has 2 rings (SSSR count). The maximum absolute atomic E-state index is 11.6. The van der Waals surface area contributed by atoms with Crippen molar-refractivity contribution in [2.24, 2.45) is 16.8 Å². The van der Waals surface area contributed by atoms with Gasteiger partial charge in [0.05, 0.1) is 0 Å². The number of rotatable bonds is 2. The molecule has 0 spiro atoms. The molecule has 3 nitrogen and oxygen atoms in total. The van der Waals surface area contributed by atoms with E-state index >= 15 is 0 Å². The number of nitrogens with one attached hydrogen (secondary N) is 1. The highest BCUT2D eigenvalue weighted by atomic mass is 16.2. The van der Waals surface area contributed by atoms with E-state index in [9.17, 15) is 4.79 Å². The van der Waals surface area contributed by atoms with Crippen molar-refractivity contribution < 1.29 is 4.79 Å². The molecule has 2 aliphatic rings. The lowest BCUT2D eigenvalue weighted by atomic mass is 10.0. The van der Waals surface area contributed by atoms with Crippen molar-refractivity contribution in [1.29, 1.82) is 0 Å². The normalized spacial score (nSPS) is 34.1. The van der Waals surface area contributed by atoms with Gasteiger partial charge in [-0.15, -0.1) is 0 Å². The van der Waals surface area contributed by atoms with Crippen molar-refractivity contribution in [3.63, 3.8) is 0 Å². The number of carbonyl (C=O) groups is 1. The molecular formula is C12H20N2O. The molecular weight excluding hydrogens is 188 g/mol. The van der Waals surface area contributed by atoms with Gasteiger partial charge in [-0.2, -0.15) is 0 Å². The van der Waals surface area contributed by atoms with Gasteiger partial charge < -0.3 is 5.32 Å². The van der Waals surface area contributed by atoms with Crippen LogP contribution in [0.5, 0.6) is 0 Å². The first kappa shape index (κ1) is 10.7. The van der Waals surface area contributed by atoms with Crippen LogP contribution in [0.2, 0.25) is 0 Å². The Morgan fingerprint density at radius 3 is 2.67 bits per heavy atom. The third-order valence-corrected chi connectivity index (χ3v) is 3.70. The molecule has 1 aliphatic heterocycles. The van der Waals surface area contributed by atoms with Crippen molar-refractivity contribution >= 4 is 11.7 Å². The first-order chi connectivity index (χ1) is 7.03. The Labute approximate surface area is 91.3 Å². The van der Waals surface area contributed by atoms with E-state index in [0.29, 0.717) is 5.92 Å². The first-order valence-electron chi connectivity index (χ1n) is 5.94. The summed E-state index contributed by atoms with van der Waals surface area (Å²) in [5.74, 6) is 2.33. The van der Waals surface area contributed by atoms with Crippen LogP contribution in [0.3, 0.4) is 0 Å². The zero-order valence-corrected chi connectivity index (χ0v) is 9.84. The molecule has 0 aromatic carbocycles. The molecule has 15 heavy (non-hydrogen) atoms. The smallest absolute Gasteiger partial charge is 0.252 e. The van der Waals surface area contributed by atoms with Gasteiger partial charge in [-0.3, -0.25) is 9.79 Å². The predicted octanol–water partition coefficient (Wildman–Crippen LogP) is 2.12. The number of carbonyl (C=O) groups excluding carboxylic acids is 1. The summed E-state index contributed by atoms with van der Waals surface area (Å²) in [6.45, 7) is 6.00. The molecule has 1 aliphatic carbocycles. The molecule has 1 heterocycles. The van der Waals surface area contributed by atoms with Crippen LogP contribution in [0, 0.1) is 11.8 Å². The van der Waals surface area contributed by atoms with E-state index < -0.39 is 5.54 Å². The number of hydrogen-bond acceptors (Lipinski definition) is 2. The molecule has 2 atom stereocenters. The summed E-state index contributed by atoms with van der Waals surface area (Å²) < 4.78 is 0. The van der Waals surface area contributed by atoms with Crippen LogP contribution in [0.1, 0.15) is 46.5 Å². The van der Waals surface area contributed by atoms with Crippen molar-refractivity contribution in [2.45, 2.75) is 52.0 Å². The lowest BCUT2D eigenvalue weighted by Crippen LogP contribution is -2.36. The Morgan fingerprint density at radius 1 is 1.47 bits per heavy atom. The minimum atomic E-state index is -0.542. The second-order valence-electron chi connectivity index (χ2n) is 5.29. The fourth-order valence-corrected chi connectivity index (χ4v) is 2.54. The topological polar surface area (TPSA) is 41.5 Å². The molecule has 1 N–H and O–H groups in total. The largest absolute Gasteiger partial charge is 0.312 e. The zero-order chi connectivity index (χ0) is 11.1. The fourth-order valence-electron chi connectivity index (χ4n) is 2.54. The maximum Gasteiger partial charge on any atom is 0.252 e. The molecule has 1 amide bonds. The third-order valence-electron chi connectivity index (χ3n) is 3.70. The second kappa shape index (κ2) is 3.62. The third kappa shape index (κ3) is 1.92. The van der Waals surface area contributed by atoms with Gasteiger partial charge in [-0.1, -0.05) is 13.3 Å². The summed E-state index contributed by atoms with van der Waals surface area (Å²) in [4.78, 5) is 16.1. The Balaban J connectivity index is 2.05. The molecule has 0 aromatic heterocycles. The Kier molecular flexibility index (Phi) is 2.57. The van der Waals surface area contributed by atoms with Crippen LogP contribution in [0.15, 0.2) is 4.99 Å². The van der Waals surface area contributed by atoms with Crippen molar-refractivity contribution in [2.75, 3.05) is 0 Å². The van der Waals surface area contributed by atoms with Gasteiger partial charge in [-0.05, 0) is 39.0 Å². The molecule has 3 heteroatoms. The van der Waals surface area contributed by atoms with Crippen molar-refractivity contribution in [3.8, 4) is 0 Å². The number of nitrogens with zero attached hydrogens (tertiary/aromatic N) is 1. The zero-order valence-electron chi connectivity index (χ0n) is 9.84. The molecule has 0 aromatic rings. The van der Waals surface area contributed by atoms with Crippen LogP contribution in [0.4, 0.5) is 0 Å². The molecule has 0 bridgehead atoms. The van der Waals surface area contributed by atoms with E-state index in [-0.39, 0.29) is 5.91 Å². The monoisotopic (exact) mass is 208 g/mol. The quantitative estimate of drug-likeness (QED) is 0.742. The van der Waals surface area contributed by atoms with E-state index in [2.05, 4.69) is 17.2 Å². The van der Waals surface area contributed by atoms with Crippen molar-refractivity contribution in [1.82, 2.24) is 5.32 Å². The summed E-state index contributed by atoms with van der Waals surface area (Å²) >= 11 is 0. The Morgan fingerprint density at radius 2 is 2.20 bits per heavy atom. The highest BCUT2D eigenvalue weighted by Crippen LogP contribution is 2.35. The number of hydrogen-bond donors (Lipinski definition) is 1. The minimum absolute atomic E-state index is 0.0532. The van der Waals surface area contributed by atoms with Gasteiger partial charge in [0, 0.05) is 5.92 Å². The lowest BCUT2D eigenvalue weighted by Gasteiger charge is -2.09. The van der Waals surface area contributed by atoms with E-state index in [1.807, 2.05) is 13.8 Å². The molecule has 0 saturated heterocycles.